The number of carbonyl (C=O) groups is 2. The first-order chi connectivity index (χ1) is 19.6. The molecule has 0 aliphatic carbocycles. The summed E-state index contributed by atoms with van der Waals surface area (Å²) in [6.45, 7) is 1.79. The molecule has 0 fully saturated rings. The molecule has 11 heteroatoms. The van der Waals surface area contributed by atoms with E-state index in [1.54, 1.807) is 30.3 Å². The van der Waals surface area contributed by atoms with Crippen LogP contribution in [0.25, 0.3) is 0 Å². The van der Waals surface area contributed by atoms with Crippen molar-refractivity contribution < 1.29 is 27.5 Å². The van der Waals surface area contributed by atoms with Crippen LogP contribution in [0.4, 0.5) is 5.69 Å². The van der Waals surface area contributed by atoms with Gasteiger partial charge in [-0.3, -0.25) is 13.9 Å². The highest BCUT2D eigenvalue weighted by molar-refractivity contribution is 7.92. The molecule has 3 aromatic rings. The fourth-order valence-electron chi connectivity index (χ4n) is 4.32. The van der Waals surface area contributed by atoms with Crippen molar-refractivity contribution >= 4 is 39.1 Å². The summed E-state index contributed by atoms with van der Waals surface area (Å²) in [7, 11) is -1.08. The molecule has 0 aliphatic rings. The van der Waals surface area contributed by atoms with Gasteiger partial charge in [-0.1, -0.05) is 67.1 Å². The highest BCUT2D eigenvalue weighted by Gasteiger charge is 2.34. The topological polar surface area (TPSA) is 105 Å². The first kappa shape index (κ1) is 31.8. The highest BCUT2D eigenvalue weighted by atomic mass is 35.5. The Morgan fingerprint density at radius 3 is 2.27 bits per heavy atom. The Kier molecular flexibility index (Phi) is 11.4. The van der Waals surface area contributed by atoms with Gasteiger partial charge in [0.05, 0.1) is 26.2 Å². The second kappa shape index (κ2) is 14.7. The van der Waals surface area contributed by atoms with Crippen LogP contribution >= 0.6 is 11.6 Å². The fraction of sp³-hybridized carbons (Fsp3) is 0.333. The van der Waals surface area contributed by atoms with Gasteiger partial charge in [-0.15, -0.1) is 0 Å². The third-order valence-corrected chi connectivity index (χ3v) is 7.95. The number of methoxy groups -OCH3 is 2. The van der Waals surface area contributed by atoms with Crippen molar-refractivity contribution in [2.24, 2.45) is 0 Å². The summed E-state index contributed by atoms with van der Waals surface area (Å²) >= 11 is 6.47. The Balaban J connectivity index is 2.09. The number of nitrogens with zero attached hydrogens (tertiary/aromatic N) is 2. The Bertz CT molecular complexity index is 1440. The van der Waals surface area contributed by atoms with Crippen LogP contribution in [-0.2, 0) is 32.6 Å². The summed E-state index contributed by atoms with van der Waals surface area (Å²) < 4.78 is 37.7. The molecule has 3 rings (SSSR count). The highest BCUT2D eigenvalue weighted by Crippen LogP contribution is 2.34. The number of sulfonamides is 1. The Hall–Kier alpha value is -3.76. The summed E-state index contributed by atoms with van der Waals surface area (Å²) in [6, 6.07) is 20.1. The number of hydrogen-bond acceptors (Lipinski definition) is 6. The molecule has 220 valence electrons. The molecule has 0 saturated carbocycles. The molecular weight excluding hydrogens is 566 g/mol. The van der Waals surface area contributed by atoms with Gasteiger partial charge >= 0.3 is 0 Å². The molecule has 0 aliphatic heterocycles. The lowest BCUT2D eigenvalue weighted by molar-refractivity contribution is -0.140. The molecule has 0 unspecified atom stereocenters. The van der Waals surface area contributed by atoms with E-state index in [0.29, 0.717) is 29.3 Å². The van der Waals surface area contributed by atoms with Crippen LogP contribution in [0.15, 0.2) is 72.8 Å². The zero-order valence-corrected chi connectivity index (χ0v) is 25.2. The predicted molar refractivity (Wildman–Crippen MR) is 161 cm³/mol. The molecule has 41 heavy (non-hydrogen) atoms. The smallest absolute Gasteiger partial charge is 0.244 e. The Morgan fingerprint density at radius 2 is 1.66 bits per heavy atom. The van der Waals surface area contributed by atoms with Crippen LogP contribution in [0.3, 0.4) is 0 Å². The molecular formula is C30H36ClN3O6S. The summed E-state index contributed by atoms with van der Waals surface area (Å²) in [5.41, 5.74) is 1.63. The maximum Gasteiger partial charge on any atom is 0.244 e. The number of benzene rings is 3. The number of hydrogen-bond donors (Lipinski definition) is 1. The monoisotopic (exact) mass is 601 g/mol. The average Bonchev–Trinajstić information content (AvgIpc) is 2.96. The van der Waals surface area contributed by atoms with Crippen molar-refractivity contribution in [3.63, 3.8) is 0 Å². The quantitative estimate of drug-likeness (QED) is 0.296. The molecule has 9 nitrogen and oxygen atoms in total. The zero-order valence-electron chi connectivity index (χ0n) is 23.7. The maximum atomic E-state index is 14.2. The molecule has 3 aromatic carbocycles. The number of amides is 2. The van der Waals surface area contributed by atoms with E-state index in [-0.39, 0.29) is 30.3 Å². The third kappa shape index (κ3) is 8.61. The van der Waals surface area contributed by atoms with Crippen molar-refractivity contribution in [2.75, 3.05) is 37.9 Å². The van der Waals surface area contributed by atoms with Crippen LogP contribution in [0.2, 0.25) is 5.02 Å². The summed E-state index contributed by atoms with van der Waals surface area (Å²) in [5, 5.41) is 3.33. The molecule has 2 amide bonds. The van der Waals surface area contributed by atoms with Gasteiger partial charge in [0.25, 0.3) is 0 Å². The minimum absolute atomic E-state index is 0.00704. The molecule has 0 bridgehead atoms. The Morgan fingerprint density at radius 1 is 0.976 bits per heavy atom. The molecule has 0 aromatic heterocycles. The van der Waals surface area contributed by atoms with E-state index in [2.05, 4.69) is 5.32 Å². The normalized spacial score (nSPS) is 11.8. The van der Waals surface area contributed by atoms with Gasteiger partial charge in [0.15, 0.2) is 0 Å². The SMILES string of the molecule is CCCNC(=O)[C@H](Cc1ccccc1)N(Cc1ccccc1Cl)C(=O)CN(c1ccc(OC)cc1OC)S(C)(=O)=O. The molecule has 0 heterocycles. The predicted octanol–water partition coefficient (Wildman–Crippen LogP) is 4.29. The van der Waals surface area contributed by atoms with Crippen LogP contribution in [-0.4, -0.2) is 64.7 Å². The van der Waals surface area contributed by atoms with Gasteiger partial charge in [-0.05, 0) is 35.7 Å². The van der Waals surface area contributed by atoms with Crippen molar-refractivity contribution in [3.8, 4) is 11.5 Å². The fourth-order valence-corrected chi connectivity index (χ4v) is 5.36. The van der Waals surface area contributed by atoms with E-state index in [0.717, 1.165) is 16.1 Å². The van der Waals surface area contributed by atoms with Gasteiger partial charge in [-0.2, -0.15) is 0 Å². The third-order valence-electron chi connectivity index (χ3n) is 6.45. The number of halogens is 1. The average molecular weight is 602 g/mol. The van der Waals surface area contributed by atoms with E-state index >= 15 is 0 Å². The van der Waals surface area contributed by atoms with E-state index in [1.165, 1.54) is 31.3 Å². The van der Waals surface area contributed by atoms with Gasteiger partial charge < -0.3 is 19.7 Å². The zero-order chi connectivity index (χ0) is 30.0. The molecule has 0 spiro atoms. The molecule has 0 saturated heterocycles. The number of nitrogens with one attached hydrogen (secondary N) is 1. The summed E-state index contributed by atoms with van der Waals surface area (Å²) in [5.74, 6) is -0.257. The molecule has 1 atom stereocenters. The van der Waals surface area contributed by atoms with Crippen LogP contribution < -0.4 is 19.1 Å². The van der Waals surface area contributed by atoms with Crippen LogP contribution in [0, 0.1) is 0 Å². The van der Waals surface area contributed by atoms with Crippen LogP contribution in [0.5, 0.6) is 11.5 Å². The molecule has 0 radical (unpaired) electrons. The summed E-state index contributed by atoms with van der Waals surface area (Å²) in [4.78, 5) is 29.1. The maximum absolute atomic E-state index is 14.2. The van der Waals surface area contributed by atoms with Gasteiger partial charge in [-0.25, -0.2) is 8.42 Å². The lowest BCUT2D eigenvalue weighted by atomic mass is 10.0. The lowest BCUT2D eigenvalue weighted by Gasteiger charge is -2.34. The van der Waals surface area contributed by atoms with E-state index < -0.39 is 28.5 Å². The minimum atomic E-state index is -3.96. The first-order valence-electron chi connectivity index (χ1n) is 13.1. The first-order valence-corrected chi connectivity index (χ1v) is 15.4. The second-order valence-electron chi connectivity index (χ2n) is 9.42. The largest absolute Gasteiger partial charge is 0.497 e. The van der Waals surface area contributed by atoms with Crippen LogP contribution in [0.1, 0.15) is 24.5 Å². The van der Waals surface area contributed by atoms with E-state index in [4.69, 9.17) is 21.1 Å². The number of rotatable bonds is 14. The van der Waals surface area contributed by atoms with Gasteiger partial charge in [0.2, 0.25) is 21.8 Å². The Labute approximate surface area is 247 Å². The molecule has 1 N–H and O–H groups in total. The number of carbonyl (C=O) groups excluding carboxylic acids is 2. The van der Waals surface area contributed by atoms with E-state index in [1.807, 2.05) is 37.3 Å². The van der Waals surface area contributed by atoms with Gasteiger partial charge in [0.1, 0.15) is 24.1 Å². The minimum Gasteiger partial charge on any atom is -0.497 e. The standard InChI is InChI=1S/C30H36ClN3O6S/c1-5-17-32-30(36)27(18-22-11-7-6-8-12-22)33(20-23-13-9-10-14-25(23)31)29(35)21-34(41(4,37)38)26-16-15-24(39-2)19-28(26)40-3/h6-16,19,27H,5,17-18,20-21H2,1-4H3,(H,32,36)/t27-/m0/s1. The lowest BCUT2D eigenvalue weighted by Crippen LogP contribution is -2.53. The van der Waals surface area contributed by atoms with Crippen molar-refractivity contribution in [3.05, 3.63) is 88.9 Å². The van der Waals surface area contributed by atoms with E-state index in [9.17, 15) is 18.0 Å². The second-order valence-corrected chi connectivity index (χ2v) is 11.7. The number of ether oxygens (including phenoxy) is 2. The van der Waals surface area contributed by atoms with Crippen molar-refractivity contribution in [1.29, 1.82) is 0 Å². The van der Waals surface area contributed by atoms with Gasteiger partial charge in [0, 0.05) is 30.6 Å². The van der Waals surface area contributed by atoms with Crippen molar-refractivity contribution in [2.45, 2.75) is 32.4 Å². The van der Waals surface area contributed by atoms with Crippen molar-refractivity contribution in [1.82, 2.24) is 10.2 Å². The number of anilines is 1. The summed E-state index contributed by atoms with van der Waals surface area (Å²) in [6.07, 6.45) is 1.94.